The second-order valence-electron chi connectivity index (χ2n) is 16.3. The predicted molar refractivity (Wildman–Crippen MR) is 248 cm³/mol. The van der Waals surface area contributed by atoms with Crippen LogP contribution in [0.5, 0.6) is 0 Å². The van der Waals surface area contributed by atoms with Crippen LogP contribution in [0.25, 0.3) is 43.8 Å². The number of ether oxygens (including phenoxy) is 4. The Bertz CT molecular complexity index is 2660. The molecule has 4 aromatic heterocycles. The van der Waals surface area contributed by atoms with Gasteiger partial charge in [-0.15, -0.1) is 24.8 Å². The molecule has 66 heavy (non-hydrogen) atoms. The molecule has 10 rings (SSSR count). The third-order valence-electron chi connectivity index (χ3n) is 12.3. The molecule has 4 aliphatic rings. The first-order valence-corrected chi connectivity index (χ1v) is 21.0. The number of amides is 2. The molecule has 348 valence electrons. The van der Waals surface area contributed by atoms with Gasteiger partial charge in [-0.2, -0.15) is 0 Å². The Morgan fingerprint density at radius 3 is 1.42 bits per heavy atom. The van der Waals surface area contributed by atoms with E-state index in [4.69, 9.17) is 30.4 Å². The molecule has 2 fully saturated rings. The first-order chi connectivity index (χ1) is 30.8. The molecular formula is C46H48Cl2F2N8O8. The molecule has 2 saturated heterocycles. The van der Waals surface area contributed by atoms with Gasteiger partial charge in [-0.05, 0) is 85.7 Å². The van der Waals surface area contributed by atoms with Crippen molar-refractivity contribution in [2.24, 2.45) is 0 Å². The second-order valence-corrected chi connectivity index (χ2v) is 16.3. The molecule has 8 N–H and O–H groups in total. The maximum absolute atomic E-state index is 15.2. The summed E-state index contributed by atoms with van der Waals surface area (Å²) in [5, 5.41) is 27.9. The molecule has 0 unspecified atom stereocenters. The number of carbonyl (C=O) groups is 2. The average molecular weight is 950 g/mol. The number of aliphatic hydroxyl groups excluding tert-OH is 2. The van der Waals surface area contributed by atoms with Crippen LogP contribution in [-0.4, -0.2) is 81.0 Å². The number of aryl methyl sites for hydroxylation is 2. The summed E-state index contributed by atoms with van der Waals surface area (Å²) in [4.78, 5) is 41.5. The van der Waals surface area contributed by atoms with E-state index < -0.39 is 36.0 Å². The summed E-state index contributed by atoms with van der Waals surface area (Å²) >= 11 is 0. The lowest BCUT2D eigenvalue weighted by Crippen LogP contribution is -2.22. The van der Waals surface area contributed by atoms with Gasteiger partial charge in [0.2, 0.25) is 0 Å². The van der Waals surface area contributed by atoms with E-state index in [2.05, 4.69) is 30.6 Å². The van der Waals surface area contributed by atoms with E-state index in [1.165, 1.54) is 12.4 Å². The molecule has 0 saturated carbocycles. The normalized spacial score (nSPS) is 19.2. The van der Waals surface area contributed by atoms with Crippen molar-refractivity contribution in [2.75, 3.05) is 48.5 Å². The van der Waals surface area contributed by atoms with Crippen LogP contribution in [-0.2, 0) is 31.8 Å². The first-order valence-electron chi connectivity index (χ1n) is 21.0. The van der Waals surface area contributed by atoms with Crippen molar-refractivity contribution in [1.29, 1.82) is 0 Å². The number of nitrogen functional groups attached to an aromatic ring is 2. The zero-order chi connectivity index (χ0) is 44.8. The van der Waals surface area contributed by atoms with E-state index in [0.29, 0.717) is 97.6 Å². The van der Waals surface area contributed by atoms with E-state index in [0.717, 1.165) is 33.6 Å². The Kier molecular flexibility index (Phi) is 14.4. The fourth-order valence-electron chi connectivity index (χ4n) is 8.91. The number of hydrogen-bond donors (Lipinski definition) is 6. The molecule has 2 aliphatic carbocycles. The van der Waals surface area contributed by atoms with Gasteiger partial charge in [0.05, 0.1) is 50.0 Å². The number of anilines is 4. The van der Waals surface area contributed by atoms with Crippen molar-refractivity contribution in [3.63, 3.8) is 0 Å². The maximum atomic E-state index is 15.2. The smallest absolute Gasteiger partial charge is 0.413 e. The van der Waals surface area contributed by atoms with E-state index in [-0.39, 0.29) is 71.2 Å². The van der Waals surface area contributed by atoms with Gasteiger partial charge in [0.15, 0.2) is 11.6 Å². The maximum Gasteiger partial charge on any atom is 0.413 e. The number of halogens is 4. The van der Waals surface area contributed by atoms with Crippen molar-refractivity contribution >= 4 is 81.6 Å². The fourth-order valence-corrected chi connectivity index (χ4v) is 8.91. The Hall–Kier alpha value is -6.02. The van der Waals surface area contributed by atoms with Crippen LogP contribution in [0, 0.1) is 25.5 Å². The summed E-state index contributed by atoms with van der Waals surface area (Å²) in [6.07, 6.45) is 6.98. The number of nitrogens with one attached hydrogen (secondary N) is 2. The van der Waals surface area contributed by atoms with Gasteiger partial charge in [-0.3, -0.25) is 20.6 Å². The molecule has 16 nitrogen and oxygen atoms in total. The number of nitrogens with two attached hydrogens (primary N) is 2. The summed E-state index contributed by atoms with van der Waals surface area (Å²) in [7, 11) is 0. The number of fused-ring (bicyclic) bond motifs is 4. The Morgan fingerprint density at radius 1 is 0.636 bits per heavy atom. The van der Waals surface area contributed by atoms with Crippen molar-refractivity contribution in [3.05, 3.63) is 94.3 Å². The van der Waals surface area contributed by atoms with Crippen LogP contribution in [0.4, 0.5) is 41.4 Å². The number of rotatable bonds is 6. The van der Waals surface area contributed by atoms with Gasteiger partial charge < -0.3 is 40.6 Å². The van der Waals surface area contributed by atoms with Gasteiger partial charge in [0, 0.05) is 93.2 Å². The van der Waals surface area contributed by atoms with Crippen LogP contribution < -0.4 is 22.1 Å². The number of aromatic nitrogens is 4. The molecule has 2 aromatic carbocycles. The SMILES string of the molecule is Cc1c(-c2cc3cc(NC(=O)O[C@@H]4CCOC4)ncc3c(N)c2F)cnc2c1[C@@H](O)CC2.Cc1c(-c2cc3cc(NC(=O)O[C@@H]4CCOC4)ncc3c(N)c2F)cnc2c1[C@H](O)CC2.Cl.Cl. The minimum atomic E-state index is -0.629. The quantitative estimate of drug-likeness (QED) is 0.0865. The predicted octanol–water partition coefficient (Wildman–Crippen LogP) is 8.13. The molecule has 4 atom stereocenters. The number of pyridine rings is 4. The highest BCUT2D eigenvalue weighted by Crippen LogP contribution is 2.42. The highest BCUT2D eigenvalue weighted by Gasteiger charge is 2.29. The number of aliphatic hydroxyl groups is 2. The summed E-state index contributed by atoms with van der Waals surface area (Å²) in [5.41, 5.74) is 18.6. The Morgan fingerprint density at radius 2 is 1.05 bits per heavy atom. The van der Waals surface area contributed by atoms with Crippen LogP contribution in [0.15, 0.2) is 49.1 Å². The van der Waals surface area contributed by atoms with Gasteiger partial charge >= 0.3 is 12.2 Å². The summed E-state index contributed by atoms with van der Waals surface area (Å²) in [5.74, 6) is -0.619. The number of benzene rings is 2. The summed E-state index contributed by atoms with van der Waals surface area (Å²) in [6, 6.07) is 6.54. The summed E-state index contributed by atoms with van der Waals surface area (Å²) < 4.78 is 51.5. The van der Waals surface area contributed by atoms with Gasteiger partial charge in [0.25, 0.3) is 0 Å². The lowest BCUT2D eigenvalue weighted by atomic mass is 9.94. The van der Waals surface area contributed by atoms with Crippen LogP contribution >= 0.6 is 24.8 Å². The fraction of sp³-hybridized carbons (Fsp3) is 0.348. The molecule has 0 bridgehead atoms. The molecule has 20 heteroatoms. The Balaban J connectivity index is 0.000000191. The largest absolute Gasteiger partial charge is 0.443 e. The van der Waals surface area contributed by atoms with Crippen molar-refractivity contribution in [3.8, 4) is 22.3 Å². The van der Waals surface area contributed by atoms with Gasteiger partial charge in [0.1, 0.15) is 23.8 Å². The van der Waals surface area contributed by atoms with E-state index in [9.17, 15) is 19.8 Å². The molecule has 6 aromatic rings. The first kappa shape index (κ1) is 47.9. The third-order valence-corrected chi connectivity index (χ3v) is 12.3. The van der Waals surface area contributed by atoms with Gasteiger partial charge in [-0.1, -0.05) is 0 Å². The topological polar surface area (TPSA) is 239 Å². The standard InChI is InChI=1S/2C23H23FN4O4.2ClH/c2*1-11-15(8-26-17-2-3-18(29)20(11)17)14-6-12-7-19(27-9-16(12)22(25)21(14)24)28-23(30)32-13-4-5-31-10-13;;/h2*6-9,13,18,29H,2-5,10,25H2,1H3,(H,27,28,30);2*1H/t13-,18+;13-,18-;;/m11../s1. The zero-order valence-electron chi connectivity index (χ0n) is 35.9. The molecule has 0 spiro atoms. The highest BCUT2D eigenvalue weighted by molar-refractivity contribution is 6.00. The Labute approximate surface area is 389 Å². The molecule has 6 heterocycles. The lowest BCUT2D eigenvalue weighted by molar-refractivity contribution is 0.0927. The highest BCUT2D eigenvalue weighted by atomic mass is 35.5. The van der Waals surface area contributed by atoms with Crippen LogP contribution in [0.2, 0.25) is 0 Å². The minimum Gasteiger partial charge on any atom is -0.443 e. The average Bonchev–Trinajstić information content (AvgIpc) is 4.12. The van der Waals surface area contributed by atoms with Crippen LogP contribution in [0.1, 0.15) is 71.5 Å². The molecular weight excluding hydrogens is 901 g/mol. The van der Waals surface area contributed by atoms with E-state index in [1.807, 2.05) is 13.8 Å². The number of carbonyl (C=O) groups excluding carboxylic acids is 2. The zero-order valence-corrected chi connectivity index (χ0v) is 37.5. The van der Waals surface area contributed by atoms with Crippen LogP contribution in [0.3, 0.4) is 0 Å². The molecule has 2 amide bonds. The molecule has 0 radical (unpaired) electrons. The summed E-state index contributed by atoms with van der Waals surface area (Å²) in [6.45, 7) is 5.59. The third kappa shape index (κ3) is 9.34. The lowest BCUT2D eigenvalue weighted by Gasteiger charge is -2.16. The van der Waals surface area contributed by atoms with E-state index >= 15 is 8.78 Å². The van der Waals surface area contributed by atoms with Gasteiger partial charge in [-0.25, -0.2) is 28.3 Å². The van der Waals surface area contributed by atoms with Crippen molar-refractivity contribution < 1.29 is 47.5 Å². The van der Waals surface area contributed by atoms with Crippen molar-refractivity contribution in [1.82, 2.24) is 19.9 Å². The second kappa shape index (κ2) is 19.8. The molecule has 2 aliphatic heterocycles. The number of hydrogen-bond acceptors (Lipinski definition) is 14. The number of nitrogens with zero attached hydrogens (tertiary/aromatic N) is 4. The van der Waals surface area contributed by atoms with E-state index in [1.54, 1.807) is 36.7 Å². The minimum absolute atomic E-state index is 0. The van der Waals surface area contributed by atoms with Crippen molar-refractivity contribution in [2.45, 2.75) is 76.8 Å². The monoisotopic (exact) mass is 948 g/mol.